The zero-order valence-corrected chi connectivity index (χ0v) is 26.4. The van der Waals surface area contributed by atoms with Gasteiger partial charge in [-0.3, -0.25) is 9.36 Å². The second-order valence-corrected chi connectivity index (χ2v) is 11.7. The number of rotatable bonds is 7. The topological polar surface area (TPSA) is 99.4 Å². The van der Waals surface area contributed by atoms with Crippen molar-refractivity contribution in [2.45, 2.75) is 13.0 Å². The largest absolute Gasteiger partial charge is 0.504 e. The van der Waals surface area contributed by atoms with Gasteiger partial charge in [-0.1, -0.05) is 87.9 Å². The van der Waals surface area contributed by atoms with E-state index in [4.69, 9.17) is 19.2 Å². The predicted molar refractivity (Wildman–Crippen MR) is 174 cm³/mol. The van der Waals surface area contributed by atoms with Gasteiger partial charge < -0.3 is 19.3 Å². The summed E-state index contributed by atoms with van der Waals surface area (Å²) in [5, 5.41) is 12.0. The molecular weight excluding hydrogens is 644 g/mol. The van der Waals surface area contributed by atoms with Gasteiger partial charge in [0, 0.05) is 15.6 Å². The Morgan fingerprint density at radius 1 is 1.02 bits per heavy atom. The van der Waals surface area contributed by atoms with Crippen LogP contribution in [0, 0.1) is 0 Å². The Morgan fingerprint density at radius 3 is 2.48 bits per heavy atom. The Labute approximate surface area is 264 Å². The molecule has 0 aliphatic carbocycles. The van der Waals surface area contributed by atoms with E-state index in [1.165, 1.54) is 24.5 Å². The molecule has 5 aromatic rings. The number of nitrogens with zero attached hydrogens (tertiary/aromatic N) is 2. The highest BCUT2D eigenvalue weighted by atomic mass is 79.9. The fourth-order valence-corrected chi connectivity index (χ4v) is 6.86. The minimum absolute atomic E-state index is 0.0346. The first-order chi connectivity index (χ1) is 21.4. The van der Waals surface area contributed by atoms with Gasteiger partial charge in [0.2, 0.25) is 0 Å². The molecule has 1 aliphatic heterocycles. The highest BCUT2D eigenvalue weighted by Gasteiger charge is 2.37. The minimum atomic E-state index is -0.915. The van der Waals surface area contributed by atoms with E-state index in [0.29, 0.717) is 41.9 Å². The second kappa shape index (κ2) is 12.1. The molecule has 6 rings (SSSR count). The normalized spacial score (nSPS) is 14.7. The van der Waals surface area contributed by atoms with E-state index in [9.17, 15) is 14.7 Å². The van der Waals surface area contributed by atoms with Crippen molar-refractivity contribution in [3.63, 3.8) is 0 Å². The maximum Gasteiger partial charge on any atom is 0.338 e. The zero-order valence-electron chi connectivity index (χ0n) is 24.0. The van der Waals surface area contributed by atoms with Crippen molar-refractivity contribution < 1.29 is 24.1 Å². The van der Waals surface area contributed by atoms with Crippen LogP contribution in [0.4, 0.5) is 0 Å². The first-order valence-corrected chi connectivity index (χ1v) is 15.4. The minimum Gasteiger partial charge on any atom is -0.504 e. The Kier molecular flexibility index (Phi) is 8.11. The van der Waals surface area contributed by atoms with Crippen LogP contribution >= 0.6 is 27.3 Å². The van der Waals surface area contributed by atoms with Crippen LogP contribution in [0.3, 0.4) is 0 Å². The van der Waals surface area contributed by atoms with E-state index in [1.54, 1.807) is 30.7 Å². The fraction of sp³-hybridized carbons (Fsp3) is 0.147. The molecule has 1 N–H and O–H groups in total. The summed E-state index contributed by atoms with van der Waals surface area (Å²) in [6, 6.07) is 23.2. The number of carbonyl (C=O) groups is 1. The molecule has 1 atom stereocenters. The van der Waals surface area contributed by atoms with Gasteiger partial charge in [-0.05, 0) is 47.5 Å². The third kappa shape index (κ3) is 5.10. The number of aromatic hydroxyl groups is 1. The monoisotopic (exact) mass is 670 g/mol. The number of thiazole rings is 1. The standard InChI is InChI=1S/C34H27BrN2O6S/c1-4-43-33(40)29-30(20-11-6-5-7-12-20)36-34-37(31(29)28-22-13-9-8-10-19(22)14-15-25(28)41-2)32(39)27(44-34)17-21-16-26(42-3)24(38)18-23(21)35/h5-18,31,38H,4H2,1-3H3/b27-17+/t31-/m1/s1. The molecule has 44 heavy (non-hydrogen) atoms. The van der Waals surface area contributed by atoms with Gasteiger partial charge in [0.15, 0.2) is 16.3 Å². The number of hydrogen-bond acceptors (Lipinski definition) is 8. The summed E-state index contributed by atoms with van der Waals surface area (Å²) in [5.74, 6) is 0.176. The molecule has 0 fully saturated rings. The molecule has 8 nitrogen and oxygen atoms in total. The van der Waals surface area contributed by atoms with Gasteiger partial charge in [-0.15, -0.1) is 0 Å². The number of ether oxygens (including phenoxy) is 3. The molecule has 0 amide bonds. The number of carbonyl (C=O) groups excluding carboxylic acids is 1. The Morgan fingerprint density at radius 2 is 1.75 bits per heavy atom. The highest BCUT2D eigenvalue weighted by Crippen LogP contribution is 2.42. The molecule has 1 aliphatic rings. The molecule has 0 spiro atoms. The number of fused-ring (bicyclic) bond motifs is 2. The molecule has 0 bridgehead atoms. The van der Waals surface area contributed by atoms with Crippen molar-refractivity contribution in [1.82, 2.24) is 4.57 Å². The molecule has 0 unspecified atom stereocenters. The van der Waals surface area contributed by atoms with Gasteiger partial charge in [-0.25, -0.2) is 9.79 Å². The third-order valence-electron chi connectivity index (χ3n) is 7.38. The molecule has 10 heteroatoms. The maximum absolute atomic E-state index is 14.4. The van der Waals surface area contributed by atoms with Crippen LogP contribution in [0.25, 0.3) is 22.5 Å². The number of halogens is 1. The summed E-state index contributed by atoms with van der Waals surface area (Å²) in [6.45, 7) is 1.89. The number of phenols is 1. The van der Waals surface area contributed by atoms with Crippen LogP contribution < -0.4 is 24.4 Å². The lowest BCUT2D eigenvalue weighted by atomic mass is 9.89. The lowest BCUT2D eigenvalue weighted by Crippen LogP contribution is -2.40. The Bertz CT molecular complexity index is 2140. The molecule has 0 saturated carbocycles. The lowest BCUT2D eigenvalue weighted by molar-refractivity contribution is -0.138. The maximum atomic E-state index is 14.4. The summed E-state index contributed by atoms with van der Waals surface area (Å²) >= 11 is 4.69. The number of benzene rings is 4. The summed E-state index contributed by atoms with van der Waals surface area (Å²) in [6.07, 6.45) is 1.71. The average Bonchev–Trinajstić information content (AvgIpc) is 3.35. The molecule has 222 valence electrons. The van der Waals surface area contributed by atoms with Crippen molar-refractivity contribution >= 4 is 55.8 Å². The quantitative estimate of drug-likeness (QED) is 0.227. The van der Waals surface area contributed by atoms with Crippen molar-refractivity contribution in [3.8, 4) is 17.2 Å². The average molecular weight is 672 g/mol. The molecule has 2 heterocycles. The Balaban J connectivity index is 1.74. The van der Waals surface area contributed by atoms with Crippen LogP contribution in [-0.4, -0.2) is 36.5 Å². The van der Waals surface area contributed by atoms with Gasteiger partial charge in [0.05, 0.1) is 36.6 Å². The molecule has 0 saturated heterocycles. The van der Waals surface area contributed by atoms with E-state index in [0.717, 1.165) is 10.8 Å². The highest BCUT2D eigenvalue weighted by molar-refractivity contribution is 9.10. The summed E-state index contributed by atoms with van der Waals surface area (Å²) in [4.78, 5) is 33.7. The number of methoxy groups -OCH3 is 2. The number of hydrogen-bond donors (Lipinski definition) is 1. The third-order valence-corrected chi connectivity index (χ3v) is 9.05. The van der Waals surface area contributed by atoms with Gasteiger partial charge in [0.1, 0.15) is 11.8 Å². The zero-order chi connectivity index (χ0) is 31.0. The summed E-state index contributed by atoms with van der Waals surface area (Å²) < 4.78 is 19.3. The predicted octanol–water partition coefficient (Wildman–Crippen LogP) is 5.57. The first kappa shape index (κ1) is 29.4. The molecular formula is C34H27BrN2O6S. The van der Waals surface area contributed by atoms with Crippen molar-refractivity contribution in [1.29, 1.82) is 0 Å². The fourth-order valence-electron chi connectivity index (χ4n) is 5.42. The first-order valence-electron chi connectivity index (χ1n) is 13.8. The van der Waals surface area contributed by atoms with Gasteiger partial charge in [0.25, 0.3) is 5.56 Å². The van der Waals surface area contributed by atoms with E-state index in [-0.39, 0.29) is 29.2 Å². The summed E-state index contributed by atoms with van der Waals surface area (Å²) in [5.41, 5.74) is 2.29. The van der Waals surface area contributed by atoms with Crippen LogP contribution in [0.1, 0.15) is 29.7 Å². The van der Waals surface area contributed by atoms with Crippen LogP contribution in [0.15, 0.2) is 98.7 Å². The Hall–Kier alpha value is -4.67. The van der Waals surface area contributed by atoms with Crippen molar-refractivity contribution in [3.05, 3.63) is 125 Å². The number of esters is 1. The smallest absolute Gasteiger partial charge is 0.338 e. The number of aromatic nitrogens is 1. The van der Waals surface area contributed by atoms with Crippen LogP contribution in [-0.2, 0) is 9.53 Å². The molecule has 4 aromatic carbocycles. The van der Waals surface area contributed by atoms with Crippen molar-refractivity contribution in [2.75, 3.05) is 20.8 Å². The van der Waals surface area contributed by atoms with E-state index in [1.807, 2.05) is 66.7 Å². The molecule has 1 aromatic heterocycles. The molecule has 0 radical (unpaired) electrons. The van der Waals surface area contributed by atoms with Crippen molar-refractivity contribution in [2.24, 2.45) is 4.99 Å². The van der Waals surface area contributed by atoms with Crippen LogP contribution in [0.5, 0.6) is 17.2 Å². The van der Waals surface area contributed by atoms with Gasteiger partial charge >= 0.3 is 5.97 Å². The lowest BCUT2D eigenvalue weighted by Gasteiger charge is -2.28. The SMILES string of the molecule is CCOC(=O)C1=C(c2ccccc2)N=c2s/c(=C/c3cc(OC)c(O)cc3Br)c(=O)n2[C@@H]1c1c(OC)ccc2ccccc12. The number of phenolic OH excluding ortho intramolecular Hbond substituents is 1. The van der Waals surface area contributed by atoms with Gasteiger partial charge in [-0.2, -0.15) is 0 Å². The van der Waals surface area contributed by atoms with Crippen LogP contribution in [0.2, 0.25) is 0 Å². The summed E-state index contributed by atoms with van der Waals surface area (Å²) in [7, 11) is 3.03. The van der Waals surface area contributed by atoms with E-state index < -0.39 is 12.0 Å². The van der Waals surface area contributed by atoms with E-state index >= 15 is 0 Å². The second-order valence-electron chi connectivity index (χ2n) is 9.88. The van der Waals surface area contributed by atoms with E-state index in [2.05, 4.69) is 15.9 Å².